The first-order valence-corrected chi connectivity index (χ1v) is 12.3. The van der Waals surface area contributed by atoms with Gasteiger partial charge in [0.05, 0.1) is 21.3 Å². The Morgan fingerprint density at radius 1 is 1.00 bits per heavy atom. The standard InChI is InChI=1S/C25H17N3O3S3/c1-15-26-21(14-33-15)22-12-11-19(34-22)13-20-23(29)27-25(32)28(24(20)30)16-7-9-18(10-8-16)31-17-5-3-2-4-6-17/h2-14H,1H3,(H,27,29,32). The van der Waals surface area contributed by atoms with E-state index in [1.165, 1.54) is 16.2 Å². The molecule has 0 spiro atoms. The number of anilines is 1. The SMILES string of the molecule is Cc1nc(-c2ccc(C=C3C(=O)NC(=S)N(c4ccc(Oc5ccccc5)cc4)C3=O)s2)cs1. The van der Waals surface area contributed by atoms with Gasteiger partial charge in [0.1, 0.15) is 17.1 Å². The number of aryl methyl sites for hydroxylation is 1. The van der Waals surface area contributed by atoms with Crippen LogP contribution in [0.4, 0.5) is 5.69 Å². The van der Waals surface area contributed by atoms with E-state index in [9.17, 15) is 9.59 Å². The van der Waals surface area contributed by atoms with Gasteiger partial charge in [-0.3, -0.25) is 19.8 Å². The summed E-state index contributed by atoms with van der Waals surface area (Å²) in [4.78, 5) is 33.4. The Labute approximate surface area is 209 Å². The minimum atomic E-state index is -0.519. The van der Waals surface area contributed by atoms with Crippen molar-refractivity contribution in [3.63, 3.8) is 0 Å². The van der Waals surface area contributed by atoms with Crippen LogP contribution in [0.3, 0.4) is 0 Å². The Morgan fingerprint density at radius 2 is 1.74 bits per heavy atom. The summed E-state index contributed by atoms with van der Waals surface area (Å²) in [6, 6.07) is 20.2. The maximum absolute atomic E-state index is 13.3. The van der Waals surface area contributed by atoms with Crippen LogP contribution in [0.25, 0.3) is 16.6 Å². The van der Waals surface area contributed by atoms with E-state index in [1.54, 1.807) is 41.7 Å². The molecule has 1 aliphatic rings. The van der Waals surface area contributed by atoms with E-state index in [-0.39, 0.29) is 10.7 Å². The highest BCUT2D eigenvalue weighted by atomic mass is 32.1. The van der Waals surface area contributed by atoms with Crippen LogP contribution in [0.5, 0.6) is 11.5 Å². The van der Waals surface area contributed by atoms with Gasteiger partial charge < -0.3 is 4.74 Å². The van der Waals surface area contributed by atoms with Crippen molar-refractivity contribution < 1.29 is 14.3 Å². The lowest BCUT2D eigenvalue weighted by atomic mass is 10.1. The number of amides is 2. The molecule has 4 aromatic rings. The third-order valence-corrected chi connectivity index (χ3v) is 7.07. The molecule has 1 saturated heterocycles. The zero-order valence-electron chi connectivity index (χ0n) is 17.8. The van der Waals surface area contributed by atoms with Crippen molar-refractivity contribution in [2.45, 2.75) is 6.92 Å². The van der Waals surface area contributed by atoms with Crippen molar-refractivity contribution in [1.29, 1.82) is 0 Å². The number of nitrogens with one attached hydrogen (secondary N) is 1. The molecule has 2 amide bonds. The van der Waals surface area contributed by atoms with Gasteiger partial charge >= 0.3 is 0 Å². The summed E-state index contributed by atoms with van der Waals surface area (Å²) < 4.78 is 5.81. The number of rotatable bonds is 5. The molecule has 2 aromatic carbocycles. The quantitative estimate of drug-likeness (QED) is 0.212. The molecule has 0 aliphatic carbocycles. The number of aromatic nitrogens is 1. The third kappa shape index (κ3) is 4.54. The van der Waals surface area contributed by atoms with Gasteiger partial charge in [-0.25, -0.2) is 4.98 Å². The van der Waals surface area contributed by atoms with Crippen molar-refractivity contribution in [2.75, 3.05) is 4.90 Å². The minimum absolute atomic E-state index is 0.0149. The first kappa shape index (κ1) is 22.1. The average Bonchev–Trinajstić information content (AvgIpc) is 3.47. The lowest BCUT2D eigenvalue weighted by Gasteiger charge is -2.28. The minimum Gasteiger partial charge on any atom is -0.457 e. The van der Waals surface area contributed by atoms with Gasteiger partial charge in [0.15, 0.2) is 5.11 Å². The smallest absolute Gasteiger partial charge is 0.270 e. The predicted molar refractivity (Wildman–Crippen MR) is 139 cm³/mol. The van der Waals surface area contributed by atoms with Crippen molar-refractivity contribution in [3.8, 4) is 22.1 Å². The Kier molecular flexibility index (Phi) is 6.06. The van der Waals surface area contributed by atoms with Crippen molar-refractivity contribution in [2.24, 2.45) is 0 Å². The first-order valence-electron chi connectivity index (χ1n) is 10.2. The van der Waals surface area contributed by atoms with Crippen LogP contribution in [0.2, 0.25) is 0 Å². The lowest BCUT2D eigenvalue weighted by Crippen LogP contribution is -2.54. The van der Waals surface area contributed by atoms with E-state index in [1.807, 2.05) is 54.8 Å². The molecule has 0 unspecified atom stereocenters. The van der Waals surface area contributed by atoms with Gasteiger partial charge in [0.25, 0.3) is 11.8 Å². The molecule has 3 heterocycles. The number of thiazole rings is 1. The largest absolute Gasteiger partial charge is 0.457 e. The van der Waals surface area contributed by atoms with Crippen LogP contribution >= 0.6 is 34.9 Å². The Hall–Kier alpha value is -3.66. The van der Waals surface area contributed by atoms with Gasteiger partial charge in [0.2, 0.25) is 0 Å². The highest BCUT2D eigenvalue weighted by molar-refractivity contribution is 7.80. The fraction of sp³-hybridized carbons (Fsp3) is 0.0400. The molecular weight excluding hydrogens is 486 g/mol. The van der Waals surface area contributed by atoms with Crippen LogP contribution in [0, 0.1) is 6.92 Å². The van der Waals surface area contributed by atoms with E-state index < -0.39 is 11.8 Å². The number of benzene rings is 2. The number of hydrogen-bond donors (Lipinski definition) is 1. The Balaban J connectivity index is 1.39. The van der Waals surface area contributed by atoms with Crippen LogP contribution in [-0.2, 0) is 9.59 Å². The number of thiophene rings is 1. The van der Waals surface area contributed by atoms with Gasteiger partial charge in [-0.1, -0.05) is 18.2 Å². The maximum Gasteiger partial charge on any atom is 0.270 e. The molecule has 0 saturated carbocycles. The molecule has 2 aromatic heterocycles. The zero-order chi connectivity index (χ0) is 23.7. The van der Waals surface area contributed by atoms with E-state index >= 15 is 0 Å². The fourth-order valence-corrected chi connectivity index (χ4v) is 5.25. The number of hydrogen-bond acceptors (Lipinski definition) is 7. The molecule has 0 radical (unpaired) electrons. The van der Waals surface area contributed by atoms with Crippen LogP contribution in [0.1, 0.15) is 9.88 Å². The Bertz CT molecular complexity index is 1420. The van der Waals surface area contributed by atoms with E-state index in [0.29, 0.717) is 17.2 Å². The molecule has 1 N–H and O–H groups in total. The summed E-state index contributed by atoms with van der Waals surface area (Å²) in [6.45, 7) is 1.95. The van der Waals surface area contributed by atoms with Crippen LogP contribution in [0.15, 0.2) is 77.7 Å². The van der Waals surface area contributed by atoms with Gasteiger partial charge in [-0.2, -0.15) is 0 Å². The molecular formula is C25H17N3O3S3. The normalized spacial score (nSPS) is 15.0. The number of carbonyl (C=O) groups excluding carboxylic acids is 2. The van der Waals surface area contributed by atoms with Crippen LogP contribution in [-0.4, -0.2) is 21.9 Å². The topological polar surface area (TPSA) is 71.5 Å². The van der Waals surface area contributed by atoms with Crippen molar-refractivity contribution in [3.05, 3.63) is 87.6 Å². The summed E-state index contributed by atoms with van der Waals surface area (Å²) in [6.07, 6.45) is 1.59. The van der Waals surface area contributed by atoms with E-state index in [4.69, 9.17) is 17.0 Å². The second-order valence-electron chi connectivity index (χ2n) is 7.32. The molecule has 1 aliphatic heterocycles. The lowest BCUT2D eigenvalue weighted by molar-refractivity contribution is -0.122. The summed E-state index contributed by atoms with van der Waals surface area (Å²) in [7, 11) is 0. The third-order valence-electron chi connectivity index (χ3n) is 4.96. The van der Waals surface area contributed by atoms with E-state index in [0.717, 1.165) is 20.5 Å². The average molecular weight is 504 g/mol. The fourth-order valence-electron chi connectivity index (χ4n) is 3.37. The molecule has 0 bridgehead atoms. The summed E-state index contributed by atoms with van der Waals surface area (Å²) in [5, 5.41) is 5.62. The monoisotopic (exact) mass is 503 g/mol. The van der Waals surface area contributed by atoms with E-state index in [2.05, 4.69) is 10.3 Å². The Morgan fingerprint density at radius 3 is 2.44 bits per heavy atom. The number of nitrogens with zero attached hydrogens (tertiary/aromatic N) is 2. The van der Waals surface area contributed by atoms with Crippen molar-refractivity contribution >= 4 is 63.6 Å². The van der Waals surface area contributed by atoms with Gasteiger partial charge in [-0.05, 0) is 73.7 Å². The number of carbonyl (C=O) groups is 2. The first-order chi connectivity index (χ1) is 16.5. The molecule has 0 atom stereocenters. The second kappa shape index (κ2) is 9.30. The molecule has 5 rings (SSSR count). The molecule has 34 heavy (non-hydrogen) atoms. The summed E-state index contributed by atoms with van der Waals surface area (Å²) in [5.74, 6) is 0.327. The highest BCUT2D eigenvalue weighted by Crippen LogP contribution is 2.31. The number of para-hydroxylation sites is 1. The zero-order valence-corrected chi connectivity index (χ0v) is 20.3. The molecule has 1 fully saturated rings. The highest BCUT2D eigenvalue weighted by Gasteiger charge is 2.34. The van der Waals surface area contributed by atoms with Crippen LogP contribution < -0.4 is 15.0 Å². The molecule has 6 nitrogen and oxygen atoms in total. The second-order valence-corrected chi connectivity index (χ2v) is 9.88. The maximum atomic E-state index is 13.3. The number of thiocarbonyl (C=S) groups is 1. The summed E-state index contributed by atoms with van der Waals surface area (Å²) >= 11 is 8.34. The van der Waals surface area contributed by atoms with Gasteiger partial charge in [0, 0.05) is 10.3 Å². The molecule has 9 heteroatoms. The van der Waals surface area contributed by atoms with Crippen molar-refractivity contribution in [1.82, 2.24) is 10.3 Å². The molecule has 168 valence electrons. The summed E-state index contributed by atoms with van der Waals surface area (Å²) in [5.41, 5.74) is 1.43. The van der Waals surface area contributed by atoms with Gasteiger partial charge in [-0.15, -0.1) is 22.7 Å². The number of ether oxygens (including phenoxy) is 1. The predicted octanol–water partition coefficient (Wildman–Crippen LogP) is 5.80.